The third-order valence-electron chi connectivity index (χ3n) is 5.48. The molecule has 11 heteroatoms. The highest BCUT2D eigenvalue weighted by molar-refractivity contribution is 7.90. The number of aliphatic hydroxyl groups excluding tert-OH is 1. The van der Waals surface area contributed by atoms with E-state index in [-0.39, 0.29) is 29.9 Å². The average Bonchev–Trinajstić information content (AvgIpc) is 3.45. The molecule has 3 aromatic rings. The Morgan fingerprint density at radius 3 is 2.50 bits per heavy atom. The molecule has 1 aliphatic heterocycles. The molecule has 192 valence electrons. The van der Waals surface area contributed by atoms with E-state index >= 15 is 0 Å². The fraction of sp³-hybridized carbons (Fsp3) is 0.360. The number of nitrogens with one attached hydrogen (secondary N) is 1. The van der Waals surface area contributed by atoms with Crippen molar-refractivity contribution >= 4 is 15.7 Å². The van der Waals surface area contributed by atoms with Crippen molar-refractivity contribution in [3.63, 3.8) is 0 Å². The van der Waals surface area contributed by atoms with E-state index in [9.17, 15) is 13.5 Å². The fourth-order valence-electron chi connectivity index (χ4n) is 3.69. The van der Waals surface area contributed by atoms with Crippen molar-refractivity contribution in [3.05, 3.63) is 54.4 Å². The summed E-state index contributed by atoms with van der Waals surface area (Å²) in [6, 6.07) is 11.8. The molecule has 0 bridgehead atoms. The molecular weight excluding hydrogens is 486 g/mol. The molecule has 0 radical (unpaired) electrons. The van der Waals surface area contributed by atoms with Crippen molar-refractivity contribution < 1.29 is 32.5 Å². The van der Waals surface area contributed by atoms with Crippen LogP contribution >= 0.6 is 0 Å². The predicted octanol–water partition coefficient (Wildman–Crippen LogP) is 3.21. The number of benzene rings is 1. The summed E-state index contributed by atoms with van der Waals surface area (Å²) in [6.45, 7) is 4.08. The Hall–Kier alpha value is -3.41. The number of ether oxygens (including phenoxy) is 4. The zero-order valence-electron chi connectivity index (χ0n) is 20.5. The molecule has 0 amide bonds. The Morgan fingerprint density at radius 1 is 1.11 bits per heavy atom. The van der Waals surface area contributed by atoms with Gasteiger partial charge in [0, 0.05) is 30.7 Å². The van der Waals surface area contributed by atoms with Gasteiger partial charge in [0.25, 0.3) is 0 Å². The van der Waals surface area contributed by atoms with Gasteiger partial charge in [0.05, 0.1) is 19.4 Å². The highest BCUT2D eigenvalue weighted by Gasteiger charge is 2.28. The van der Waals surface area contributed by atoms with Crippen molar-refractivity contribution in [1.82, 2.24) is 9.97 Å². The Kier molecular flexibility index (Phi) is 7.62. The van der Waals surface area contributed by atoms with Gasteiger partial charge in [0.2, 0.25) is 5.90 Å². The number of hydrogen-bond donors (Lipinski definition) is 2. The highest BCUT2D eigenvalue weighted by atomic mass is 32.2. The van der Waals surface area contributed by atoms with Crippen LogP contribution in [0, 0.1) is 0 Å². The lowest BCUT2D eigenvalue weighted by molar-refractivity contribution is 0.0920. The maximum atomic E-state index is 11.7. The summed E-state index contributed by atoms with van der Waals surface area (Å²) in [4.78, 5) is 11.7. The smallest absolute Gasteiger partial charge is 0.233 e. The summed E-state index contributed by atoms with van der Waals surface area (Å²) in [5, 5.41) is 9.43. The molecule has 2 aromatic heterocycles. The molecule has 1 aromatic carbocycles. The SMILES string of the molecule is COC[C@H](C)Oc1cc(Oc2ccc(S(C)(=O)=O)nc2)cc(-c2ccc(C3=N[C@H](CO)[C@H](C)O3)[nH]2)c1. The summed E-state index contributed by atoms with van der Waals surface area (Å²) in [5.41, 5.74) is 2.25. The van der Waals surface area contributed by atoms with Gasteiger partial charge in [-0.3, -0.25) is 0 Å². The van der Waals surface area contributed by atoms with Crippen molar-refractivity contribution in [1.29, 1.82) is 0 Å². The van der Waals surface area contributed by atoms with E-state index in [0.29, 0.717) is 35.4 Å². The van der Waals surface area contributed by atoms with Crippen LogP contribution in [-0.4, -0.2) is 74.2 Å². The molecule has 0 saturated heterocycles. The number of aromatic amines is 1. The van der Waals surface area contributed by atoms with Gasteiger partial charge in [-0.15, -0.1) is 0 Å². The number of H-pyrrole nitrogens is 1. The Balaban J connectivity index is 1.64. The maximum Gasteiger partial charge on any atom is 0.233 e. The first-order chi connectivity index (χ1) is 17.2. The van der Waals surface area contributed by atoms with Gasteiger partial charge in [0.1, 0.15) is 41.2 Å². The van der Waals surface area contributed by atoms with Crippen LogP contribution < -0.4 is 9.47 Å². The second kappa shape index (κ2) is 10.7. The van der Waals surface area contributed by atoms with Crippen LogP contribution in [0.4, 0.5) is 0 Å². The minimum Gasteiger partial charge on any atom is -0.488 e. The minimum absolute atomic E-state index is 0.0327. The lowest BCUT2D eigenvalue weighted by atomic mass is 10.1. The van der Waals surface area contributed by atoms with E-state index in [1.807, 2.05) is 38.1 Å². The largest absolute Gasteiger partial charge is 0.488 e. The number of rotatable bonds is 10. The zero-order chi connectivity index (χ0) is 25.9. The Labute approximate surface area is 209 Å². The van der Waals surface area contributed by atoms with Crippen LogP contribution in [0.15, 0.2) is 58.7 Å². The van der Waals surface area contributed by atoms with Gasteiger partial charge < -0.3 is 29.0 Å². The molecule has 36 heavy (non-hydrogen) atoms. The van der Waals surface area contributed by atoms with Crippen molar-refractivity contribution in [2.24, 2.45) is 4.99 Å². The summed E-state index contributed by atoms with van der Waals surface area (Å²) >= 11 is 0. The van der Waals surface area contributed by atoms with Gasteiger partial charge in [-0.2, -0.15) is 0 Å². The highest BCUT2D eigenvalue weighted by Crippen LogP contribution is 2.33. The first-order valence-electron chi connectivity index (χ1n) is 11.4. The summed E-state index contributed by atoms with van der Waals surface area (Å²) < 4.78 is 46.3. The topological polar surface area (TPSA) is 132 Å². The monoisotopic (exact) mass is 515 g/mol. The van der Waals surface area contributed by atoms with E-state index in [1.165, 1.54) is 12.3 Å². The van der Waals surface area contributed by atoms with Crippen LogP contribution in [0.25, 0.3) is 11.3 Å². The van der Waals surface area contributed by atoms with E-state index in [2.05, 4.69) is 15.0 Å². The van der Waals surface area contributed by atoms with E-state index < -0.39 is 9.84 Å². The molecule has 0 saturated carbocycles. The number of aromatic nitrogens is 2. The average molecular weight is 516 g/mol. The molecule has 0 fully saturated rings. The standard InChI is InChI=1S/C25H29N3O7S/c1-15(14-32-3)33-19-9-17(21-6-7-22(27-21)25-28-23(13-29)16(2)34-25)10-20(11-19)35-18-5-8-24(26-12-18)36(4,30)31/h5-12,15-16,23,27,29H,13-14H2,1-4H3/t15-,16-,23+/m0/s1. The first kappa shape index (κ1) is 25.7. The maximum absolute atomic E-state index is 11.7. The predicted molar refractivity (Wildman–Crippen MR) is 134 cm³/mol. The third kappa shape index (κ3) is 6.04. The molecular formula is C25H29N3O7S. The normalized spacial score (nSPS) is 18.4. The van der Waals surface area contributed by atoms with Crippen molar-refractivity contribution in [3.8, 4) is 28.5 Å². The van der Waals surface area contributed by atoms with Crippen molar-refractivity contribution in [2.45, 2.75) is 37.1 Å². The van der Waals surface area contributed by atoms with E-state index in [1.54, 1.807) is 19.2 Å². The molecule has 2 N–H and O–H groups in total. The van der Waals surface area contributed by atoms with Crippen LogP contribution in [0.5, 0.6) is 17.2 Å². The summed E-state index contributed by atoms with van der Waals surface area (Å²) in [7, 11) is -1.81. The second-order valence-electron chi connectivity index (χ2n) is 8.58. The van der Waals surface area contributed by atoms with Gasteiger partial charge in [-0.1, -0.05) is 0 Å². The number of aliphatic imine (C=N–C) groups is 1. The van der Waals surface area contributed by atoms with Crippen LogP contribution in [0.3, 0.4) is 0 Å². The van der Waals surface area contributed by atoms with Gasteiger partial charge >= 0.3 is 0 Å². The second-order valence-corrected chi connectivity index (χ2v) is 10.5. The summed E-state index contributed by atoms with van der Waals surface area (Å²) in [6.07, 6.45) is 2.05. The van der Waals surface area contributed by atoms with Crippen LogP contribution in [0.2, 0.25) is 0 Å². The molecule has 10 nitrogen and oxygen atoms in total. The fourth-order valence-corrected chi connectivity index (χ4v) is 4.25. The number of nitrogens with zero attached hydrogens (tertiary/aromatic N) is 2. The molecule has 1 aliphatic rings. The number of hydrogen-bond acceptors (Lipinski definition) is 9. The number of sulfone groups is 1. The third-order valence-corrected chi connectivity index (χ3v) is 6.48. The molecule has 3 heterocycles. The summed E-state index contributed by atoms with van der Waals surface area (Å²) in [5.74, 6) is 1.86. The number of methoxy groups -OCH3 is 1. The van der Waals surface area contributed by atoms with Gasteiger partial charge in [-0.25, -0.2) is 18.4 Å². The van der Waals surface area contributed by atoms with E-state index in [4.69, 9.17) is 18.9 Å². The molecule has 0 unspecified atom stereocenters. The minimum atomic E-state index is -3.41. The molecule has 4 rings (SSSR count). The Morgan fingerprint density at radius 2 is 1.86 bits per heavy atom. The first-order valence-corrected chi connectivity index (χ1v) is 13.2. The number of aliphatic hydroxyl groups is 1. The number of pyridine rings is 1. The van der Waals surface area contributed by atoms with Crippen LogP contribution in [0.1, 0.15) is 19.5 Å². The quantitative estimate of drug-likeness (QED) is 0.421. The molecule has 0 spiro atoms. The molecule has 3 atom stereocenters. The van der Waals surface area contributed by atoms with Gasteiger partial charge in [-0.05, 0) is 50.2 Å². The van der Waals surface area contributed by atoms with Crippen molar-refractivity contribution in [2.75, 3.05) is 26.6 Å². The lowest BCUT2D eigenvalue weighted by Gasteiger charge is -2.16. The van der Waals surface area contributed by atoms with E-state index in [0.717, 1.165) is 17.5 Å². The Bertz CT molecular complexity index is 1340. The lowest BCUT2D eigenvalue weighted by Crippen LogP contribution is -2.21. The van der Waals surface area contributed by atoms with Gasteiger partial charge in [0.15, 0.2) is 14.9 Å². The zero-order valence-corrected chi connectivity index (χ0v) is 21.3. The molecule has 0 aliphatic carbocycles. The van der Waals surface area contributed by atoms with Crippen LogP contribution in [-0.2, 0) is 19.3 Å².